The van der Waals surface area contributed by atoms with Crippen molar-refractivity contribution in [3.8, 4) is 0 Å². The highest BCUT2D eigenvalue weighted by molar-refractivity contribution is 6.04. The summed E-state index contributed by atoms with van der Waals surface area (Å²) in [5.41, 5.74) is 1.89. The average molecular weight is 816 g/mol. The Morgan fingerprint density at radius 1 is 0.949 bits per heavy atom. The fourth-order valence-electron chi connectivity index (χ4n) is 9.72. The Bertz CT molecular complexity index is 2500. The standard InChI is InChI=1S/C42H45F4N9O4/c1-51-38-29(4-2-6-34(38)55(41(51)59)35-14-15-37(56)49-40(35)58)26-20-53(21-26)33-16-17-52(23-30(33)43)19-24-8-11-28(12-9-24)54-22-25-18-27(10-13-31(25)50-54)47-39(57)32-5-3-7-36(48-32)42(44,45)46/h2-7,10,13,18,22,24,26,28,30,33,35H,8-9,11-12,14-17,19-21,23H2,1H3,(H,47,57)(H,49,56,58)/t24?,28?,30-,33-,35?/m0/s1. The molecule has 3 atom stereocenters. The van der Waals surface area contributed by atoms with Crippen molar-refractivity contribution < 1.29 is 31.9 Å². The third kappa shape index (κ3) is 7.54. The molecule has 59 heavy (non-hydrogen) atoms. The Morgan fingerprint density at radius 2 is 1.73 bits per heavy atom. The highest BCUT2D eigenvalue weighted by Crippen LogP contribution is 2.38. The van der Waals surface area contributed by atoms with Gasteiger partial charge in [-0.3, -0.25) is 38.4 Å². The monoisotopic (exact) mass is 815 g/mol. The molecule has 4 fully saturated rings. The second-order valence-corrected chi connectivity index (χ2v) is 16.6. The number of likely N-dealkylation sites (tertiary alicyclic amines) is 2. The van der Waals surface area contributed by atoms with E-state index < -0.39 is 35.9 Å². The first kappa shape index (κ1) is 39.1. The first-order valence-electron chi connectivity index (χ1n) is 20.3. The van der Waals surface area contributed by atoms with E-state index in [1.807, 2.05) is 29.1 Å². The number of pyridine rings is 1. The molecule has 3 saturated heterocycles. The van der Waals surface area contributed by atoms with Gasteiger partial charge in [-0.15, -0.1) is 0 Å². The molecule has 5 aromatic rings. The number of imidazole rings is 1. The molecular formula is C42H45F4N9O4. The number of anilines is 1. The molecule has 2 aromatic carbocycles. The van der Waals surface area contributed by atoms with Crippen LogP contribution in [0.25, 0.3) is 21.9 Å². The van der Waals surface area contributed by atoms with E-state index in [0.29, 0.717) is 36.8 Å². The van der Waals surface area contributed by atoms with Crippen molar-refractivity contribution in [2.45, 2.75) is 81.3 Å². The predicted octanol–water partition coefficient (Wildman–Crippen LogP) is 5.58. The molecule has 3 aromatic heterocycles. The third-order valence-electron chi connectivity index (χ3n) is 12.8. The fourth-order valence-corrected chi connectivity index (χ4v) is 9.72. The lowest BCUT2D eigenvalue weighted by atomic mass is 9.84. The van der Waals surface area contributed by atoms with E-state index in [1.165, 1.54) is 10.6 Å². The summed E-state index contributed by atoms with van der Waals surface area (Å²) in [6.07, 6.45) is 1.38. The van der Waals surface area contributed by atoms with Gasteiger partial charge in [0.15, 0.2) is 0 Å². The number of fused-ring (bicyclic) bond motifs is 2. The van der Waals surface area contributed by atoms with Crippen molar-refractivity contribution in [3.63, 3.8) is 0 Å². The van der Waals surface area contributed by atoms with E-state index in [2.05, 4.69) is 25.4 Å². The summed E-state index contributed by atoms with van der Waals surface area (Å²) in [7, 11) is 1.71. The van der Waals surface area contributed by atoms with Crippen molar-refractivity contribution in [3.05, 3.63) is 88.2 Å². The van der Waals surface area contributed by atoms with E-state index in [1.54, 1.807) is 29.8 Å². The zero-order valence-corrected chi connectivity index (χ0v) is 32.5. The minimum absolute atomic E-state index is 0.133. The van der Waals surface area contributed by atoms with Crippen LogP contribution in [-0.2, 0) is 22.8 Å². The summed E-state index contributed by atoms with van der Waals surface area (Å²) >= 11 is 0. The number of benzene rings is 2. The second kappa shape index (κ2) is 15.3. The lowest BCUT2D eigenvalue weighted by Gasteiger charge is -2.49. The highest BCUT2D eigenvalue weighted by atomic mass is 19.4. The number of aryl methyl sites for hydroxylation is 1. The first-order chi connectivity index (χ1) is 28.3. The molecule has 0 spiro atoms. The van der Waals surface area contributed by atoms with Gasteiger partial charge in [0, 0.05) is 68.9 Å². The number of hydrogen-bond acceptors (Lipinski definition) is 8. The normalized spacial score (nSPS) is 25.0. The molecule has 0 bridgehead atoms. The van der Waals surface area contributed by atoms with Gasteiger partial charge in [0.25, 0.3) is 5.91 Å². The Labute approximate surface area is 336 Å². The number of carbonyl (C=O) groups is 3. The van der Waals surface area contributed by atoms with E-state index in [4.69, 9.17) is 5.10 Å². The fraction of sp³-hybridized carbons (Fsp3) is 0.476. The van der Waals surface area contributed by atoms with Crippen molar-refractivity contribution in [1.82, 2.24) is 39.0 Å². The molecule has 13 nitrogen and oxygen atoms in total. The minimum atomic E-state index is -4.65. The molecule has 1 aliphatic carbocycles. The number of carbonyl (C=O) groups excluding carboxylic acids is 3. The summed E-state index contributed by atoms with van der Waals surface area (Å²) in [4.78, 5) is 58.5. The summed E-state index contributed by atoms with van der Waals surface area (Å²) in [6.45, 7) is 3.48. The van der Waals surface area contributed by atoms with Crippen LogP contribution in [0.2, 0.25) is 0 Å². The van der Waals surface area contributed by atoms with E-state index >= 15 is 4.39 Å². The maximum absolute atomic E-state index is 15.9. The van der Waals surface area contributed by atoms with Crippen molar-refractivity contribution in [2.75, 3.05) is 38.0 Å². The van der Waals surface area contributed by atoms with E-state index in [-0.39, 0.29) is 48.1 Å². The molecule has 17 heteroatoms. The number of imide groups is 1. The number of para-hydroxylation sites is 1. The van der Waals surface area contributed by atoms with Gasteiger partial charge < -0.3 is 10.2 Å². The SMILES string of the molecule is Cn1c(=O)n(C2CCC(=O)NC2=O)c2cccc(C3CN([C@H]4CCN(CC5CCC(n6cc7cc(NC(=O)c8cccc(C(F)(F)F)n8)ccc7n6)CC5)C[C@@H]4F)C3)c21. The molecule has 2 N–H and O–H groups in total. The van der Waals surface area contributed by atoms with Gasteiger partial charge in [-0.25, -0.2) is 14.2 Å². The lowest BCUT2D eigenvalue weighted by molar-refractivity contribution is -0.141. The minimum Gasteiger partial charge on any atom is -0.321 e. The molecule has 4 aliphatic rings. The van der Waals surface area contributed by atoms with Crippen LogP contribution in [0, 0.1) is 5.92 Å². The number of hydrogen-bond donors (Lipinski definition) is 2. The van der Waals surface area contributed by atoms with Gasteiger partial charge in [0.05, 0.1) is 22.6 Å². The van der Waals surface area contributed by atoms with Crippen LogP contribution in [-0.4, -0.2) is 96.4 Å². The molecule has 6 heterocycles. The van der Waals surface area contributed by atoms with Crippen LogP contribution in [0.1, 0.15) is 84.7 Å². The quantitative estimate of drug-likeness (QED) is 0.153. The third-order valence-corrected chi connectivity index (χ3v) is 12.8. The van der Waals surface area contributed by atoms with Crippen LogP contribution >= 0.6 is 0 Å². The predicted molar refractivity (Wildman–Crippen MR) is 211 cm³/mol. The zero-order valence-electron chi connectivity index (χ0n) is 32.5. The molecule has 0 radical (unpaired) electrons. The van der Waals surface area contributed by atoms with Crippen LogP contribution < -0.4 is 16.3 Å². The molecule has 310 valence electrons. The van der Waals surface area contributed by atoms with Gasteiger partial charge in [-0.1, -0.05) is 18.2 Å². The van der Waals surface area contributed by atoms with E-state index in [9.17, 15) is 32.3 Å². The van der Waals surface area contributed by atoms with Crippen molar-refractivity contribution >= 4 is 45.3 Å². The van der Waals surface area contributed by atoms with Crippen molar-refractivity contribution in [2.24, 2.45) is 13.0 Å². The summed E-state index contributed by atoms with van der Waals surface area (Å²) in [5.74, 6) is -0.937. The largest absolute Gasteiger partial charge is 0.433 e. The Hall–Kier alpha value is -5.42. The number of piperidine rings is 2. The topological polar surface area (TPSA) is 139 Å². The van der Waals surface area contributed by atoms with Crippen LogP contribution in [0.3, 0.4) is 0 Å². The first-order valence-corrected chi connectivity index (χ1v) is 20.3. The maximum Gasteiger partial charge on any atom is 0.433 e. The molecular weight excluding hydrogens is 771 g/mol. The molecule has 1 saturated carbocycles. The molecule has 3 aliphatic heterocycles. The molecule has 1 unspecified atom stereocenters. The number of amides is 3. The number of halogens is 4. The Balaban J connectivity index is 0.759. The summed E-state index contributed by atoms with van der Waals surface area (Å²) in [6, 6.07) is 13.5. The second-order valence-electron chi connectivity index (χ2n) is 16.6. The van der Waals surface area contributed by atoms with Crippen molar-refractivity contribution in [1.29, 1.82) is 0 Å². The van der Waals surface area contributed by atoms with Crippen LogP contribution in [0.15, 0.2) is 65.6 Å². The summed E-state index contributed by atoms with van der Waals surface area (Å²) < 4.78 is 60.2. The number of alkyl halides is 4. The number of rotatable bonds is 8. The van der Waals surface area contributed by atoms with Gasteiger partial charge >= 0.3 is 11.9 Å². The molecule has 9 rings (SSSR count). The smallest absolute Gasteiger partial charge is 0.321 e. The van der Waals surface area contributed by atoms with Gasteiger partial charge in [-0.2, -0.15) is 18.3 Å². The number of aromatic nitrogens is 5. The number of nitrogens with zero attached hydrogens (tertiary/aromatic N) is 7. The summed E-state index contributed by atoms with van der Waals surface area (Å²) in [5, 5.41) is 10.6. The lowest BCUT2D eigenvalue weighted by Crippen LogP contribution is -2.59. The molecule has 3 amide bonds. The average Bonchev–Trinajstić information content (AvgIpc) is 3.73. The van der Waals surface area contributed by atoms with Crippen LogP contribution in [0.5, 0.6) is 0 Å². The van der Waals surface area contributed by atoms with Gasteiger partial charge in [0.2, 0.25) is 11.8 Å². The number of nitrogens with one attached hydrogen (secondary N) is 2. The Kier molecular flexibility index (Phi) is 10.1. The highest BCUT2D eigenvalue weighted by Gasteiger charge is 2.42. The van der Waals surface area contributed by atoms with Gasteiger partial charge in [-0.05, 0) is 92.9 Å². The zero-order chi connectivity index (χ0) is 41.2. The van der Waals surface area contributed by atoms with E-state index in [0.717, 1.165) is 79.3 Å². The Morgan fingerprint density at radius 3 is 2.47 bits per heavy atom. The van der Waals surface area contributed by atoms with Gasteiger partial charge in [0.1, 0.15) is 23.6 Å². The maximum atomic E-state index is 15.9. The van der Waals surface area contributed by atoms with Crippen LogP contribution in [0.4, 0.5) is 23.2 Å².